The van der Waals surface area contributed by atoms with E-state index in [1.54, 1.807) is 52.3 Å². The van der Waals surface area contributed by atoms with Crippen molar-refractivity contribution in [1.29, 1.82) is 16.2 Å². The van der Waals surface area contributed by atoms with Gasteiger partial charge in [-0.05, 0) is 51.5 Å². The van der Waals surface area contributed by atoms with Gasteiger partial charge >= 0.3 is 6.09 Å². The minimum absolute atomic E-state index is 0.0469. The van der Waals surface area contributed by atoms with Crippen molar-refractivity contribution in [3.8, 4) is 11.3 Å². The van der Waals surface area contributed by atoms with Crippen LogP contribution in [0.15, 0.2) is 54.7 Å². The highest BCUT2D eigenvalue weighted by atomic mass is 16.6. The number of carbonyl (C=O) groups excluding carboxylic acids is 2. The van der Waals surface area contributed by atoms with E-state index in [0.29, 0.717) is 60.5 Å². The normalized spacial score (nSPS) is 13.6. The summed E-state index contributed by atoms with van der Waals surface area (Å²) in [5.41, 5.74) is 7.44. The molecule has 12 nitrogen and oxygen atoms in total. The van der Waals surface area contributed by atoms with Crippen molar-refractivity contribution in [3.63, 3.8) is 0 Å². The Morgan fingerprint density at radius 2 is 1.64 bits per heavy atom. The van der Waals surface area contributed by atoms with Crippen LogP contribution in [-0.4, -0.2) is 81.6 Å². The largest absolute Gasteiger partial charge is 0.444 e. The van der Waals surface area contributed by atoms with Gasteiger partial charge in [-0.1, -0.05) is 24.3 Å². The second kappa shape index (κ2) is 12.6. The number of nitrogen functional groups attached to an aromatic ring is 1. The topological polar surface area (TPSA) is 182 Å². The molecule has 12 heteroatoms. The first-order valence-electron chi connectivity index (χ1n) is 13.4. The summed E-state index contributed by atoms with van der Waals surface area (Å²) in [5, 5.41) is 24.5. The van der Waals surface area contributed by atoms with E-state index < -0.39 is 17.6 Å². The van der Waals surface area contributed by atoms with Crippen molar-refractivity contribution < 1.29 is 19.1 Å². The fourth-order valence-electron chi connectivity index (χ4n) is 4.35. The van der Waals surface area contributed by atoms with E-state index in [9.17, 15) is 9.59 Å². The van der Waals surface area contributed by atoms with E-state index in [4.69, 9.17) is 31.4 Å². The van der Waals surface area contributed by atoms with E-state index in [2.05, 4.69) is 9.97 Å². The summed E-state index contributed by atoms with van der Waals surface area (Å²) in [7, 11) is 0. The highest BCUT2D eigenvalue weighted by molar-refractivity contribution is 6.06. The van der Waals surface area contributed by atoms with Gasteiger partial charge in [-0.2, -0.15) is 0 Å². The van der Waals surface area contributed by atoms with Gasteiger partial charge in [-0.25, -0.2) is 14.8 Å². The molecular formula is C30H34N8O4. The van der Waals surface area contributed by atoms with Crippen LogP contribution in [0.2, 0.25) is 0 Å². The summed E-state index contributed by atoms with van der Waals surface area (Å²) >= 11 is 0. The number of nitrogens with zero attached hydrogens (tertiary/aromatic N) is 4. The molecule has 1 saturated heterocycles. The van der Waals surface area contributed by atoms with Gasteiger partial charge in [-0.15, -0.1) is 0 Å². The van der Waals surface area contributed by atoms with Crippen molar-refractivity contribution in [2.75, 3.05) is 31.9 Å². The average molecular weight is 571 g/mol. The van der Waals surface area contributed by atoms with Gasteiger partial charge in [0, 0.05) is 54.6 Å². The lowest BCUT2D eigenvalue weighted by Crippen LogP contribution is -2.40. The fourth-order valence-corrected chi connectivity index (χ4v) is 4.35. The van der Waals surface area contributed by atoms with Crippen LogP contribution in [0.5, 0.6) is 0 Å². The third kappa shape index (κ3) is 7.14. The van der Waals surface area contributed by atoms with Gasteiger partial charge in [0.1, 0.15) is 5.60 Å². The Morgan fingerprint density at radius 1 is 0.952 bits per heavy atom. The highest BCUT2D eigenvalue weighted by Crippen LogP contribution is 2.25. The Morgan fingerprint density at radius 3 is 2.33 bits per heavy atom. The maximum absolute atomic E-state index is 13.4. The molecule has 2 aromatic carbocycles. The smallest absolute Gasteiger partial charge is 0.410 e. The fraction of sp³-hybridized carbons (Fsp3) is 0.300. The number of ether oxygens (including phenoxy) is 2. The molecule has 1 aliphatic heterocycles. The van der Waals surface area contributed by atoms with Crippen molar-refractivity contribution >= 4 is 35.8 Å². The van der Waals surface area contributed by atoms with Crippen LogP contribution in [0.1, 0.15) is 54.4 Å². The molecule has 0 atom stereocenters. The minimum atomic E-state index is -0.599. The number of hydrogen-bond acceptors (Lipinski definition) is 10. The molecule has 2 heterocycles. The van der Waals surface area contributed by atoms with E-state index in [1.807, 2.05) is 26.8 Å². The Balaban J connectivity index is 1.50. The van der Waals surface area contributed by atoms with Crippen LogP contribution < -0.4 is 5.73 Å². The monoisotopic (exact) mass is 570 g/mol. The van der Waals surface area contributed by atoms with Gasteiger partial charge < -0.3 is 30.4 Å². The van der Waals surface area contributed by atoms with E-state index in [0.717, 1.165) is 6.21 Å². The van der Waals surface area contributed by atoms with Crippen LogP contribution in [0.4, 0.5) is 10.6 Å². The molecule has 5 N–H and O–H groups in total. The van der Waals surface area contributed by atoms with E-state index in [-0.39, 0.29) is 23.3 Å². The van der Waals surface area contributed by atoms with Crippen LogP contribution >= 0.6 is 0 Å². The zero-order valence-electron chi connectivity index (χ0n) is 23.8. The molecule has 0 radical (unpaired) electrons. The van der Waals surface area contributed by atoms with Crippen molar-refractivity contribution in [2.24, 2.45) is 0 Å². The number of rotatable bonds is 5. The first-order valence-corrected chi connectivity index (χ1v) is 13.4. The lowest BCUT2D eigenvalue weighted by Gasteiger charge is -2.26. The standard InChI is InChI=1S/C30H34N8O4/c1-30(2,3)42-29(40)38-13-7-12-37(14-15-38)28(39)20-10-11-22(21(16-20)17-31)23-18-35-25(32)24(36-23)27(34)41-26(33)19-8-5-4-6-9-19/h4-6,8-11,16-18,31,33-34H,7,12-15H2,1-3H3,(H2,32,35). The van der Waals surface area contributed by atoms with Crippen molar-refractivity contribution in [2.45, 2.75) is 32.8 Å². The number of aromatic nitrogens is 2. The maximum Gasteiger partial charge on any atom is 0.410 e. The van der Waals surface area contributed by atoms with Gasteiger partial charge in [0.15, 0.2) is 11.5 Å². The van der Waals surface area contributed by atoms with Crippen molar-refractivity contribution in [3.05, 3.63) is 77.1 Å². The predicted molar refractivity (Wildman–Crippen MR) is 159 cm³/mol. The van der Waals surface area contributed by atoms with E-state index in [1.165, 1.54) is 6.20 Å². The number of hydrogen-bond donors (Lipinski definition) is 4. The second-order valence-electron chi connectivity index (χ2n) is 10.7. The lowest BCUT2D eigenvalue weighted by atomic mass is 10.0. The molecule has 42 heavy (non-hydrogen) atoms. The van der Waals surface area contributed by atoms with Gasteiger partial charge in [0.2, 0.25) is 11.8 Å². The number of amides is 2. The summed E-state index contributed by atoms with van der Waals surface area (Å²) in [6.45, 7) is 7.13. The Kier molecular flexibility index (Phi) is 8.94. The summed E-state index contributed by atoms with van der Waals surface area (Å²) < 4.78 is 10.9. The number of nitrogens with one attached hydrogen (secondary N) is 3. The SMILES string of the molecule is CC(C)(C)OC(=O)N1CCCN(C(=O)c2ccc(-c3cnc(N)c(C(=N)OC(=N)c4ccccc4)n3)c(C=N)c2)CC1. The Hall–Kier alpha value is -5.13. The van der Waals surface area contributed by atoms with E-state index >= 15 is 0 Å². The van der Waals surface area contributed by atoms with Crippen LogP contribution in [0.25, 0.3) is 11.3 Å². The highest BCUT2D eigenvalue weighted by Gasteiger charge is 2.27. The molecule has 1 aliphatic rings. The Labute approximate surface area is 244 Å². The van der Waals surface area contributed by atoms with Gasteiger partial charge in [-0.3, -0.25) is 15.6 Å². The lowest BCUT2D eigenvalue weighted by molar-refractivity contribution is 0.0255. The quantitative estimate of drug-likeness (QED) is 0.262. The molecule has 3 aromatic rings. The molecule has 2 amide bonds. The summed E-state index contributed by atoms with van der Waals surface area (Å²) in [5.74, 6) is -0.942. The van der Waals surface area contributed by atoms with Crippen LogP contribution in [0, 0.1) is 16.2 Å². The number of anilines is 1. The first-order chi connectivity index (χ1) is 20.0. The third-order valence-corrected chi connectivity index (χ3v) is 6.42. The van der Waals surface area contributed by atoms with Gasteiger partial charge in [0.05, 0.1) is 11.9 Å². The molecule has 1 fully saturated rings. The second-order valence-corrected chi connectivity index (χ2v) is 10.7. The zero-order valence-corrected chi connectivity index (χ0v) is 23.8. The zero-order chi connectivity index (χ0) is 30.4. The summed E-state index contributed by atoms with van der Waals surface area (Å²) in [4.78, 5) is 37.8. The molecule has 0 aliphatic carbocycles. The van der Waals surface area contributed by atoms with Crippen molar-refractivity contribution in [1.82, 2.24) is 19.8 Å². The molecule has 218 valence electrons. The van der Waals surface area contributed by atoms with Crippen LogP contribution in [0.3, 0.4) is 0 Å². The molecule has 1 aromatic heterocycles. The molecule has 4 rings (SSSR count). The number of nitrogens with two attached hydrogens (primary N) is 1. The van der Waals surface area contributed by atoms with Crippen LogP contribution in [-0.2, 0) is 9.47 Å². The molecule has 0 bridgehead atoms. The summed E-state index contributed by atoms with van der Waals surface area (Å²) in [6, 6.07) is 13.6. The summed E-state index contributed by atoms with van der Waals surface area (Å²) in [6.07, 6.45) is 2.74. The third-order valence-electron chi connectivity index (χ3n) is 6.42. The average Bonchev–Trinajstić information content (AvgIpc) is 3.23. The number of benzene rings is 2. The molecule has 0 spiro atoms. The predicted octanol–water partition coefficient (Wildman–Crippen LogP) is 4.17. The number of carbonyl (C=O) groups is 2. The molecular weight excluding hydrogens is 536 g/mol. The maximum atomic E-state index is 13.4. The first kappa shape index (κ1) is 29.8. The minimum Gasteiger partial charge on any atom is -0.444 e. The Bertz CT molecular complexity index is 1520. The molecule has 0 saturated carbocycles. The molecule has 0 unspecified atom stereocenters. The van der Waals surface area contributed by atoms with Gasteiger partial charge in [0.25, 0.3) is 5.91 Å².